The second kappa shape index (κ2) is 5.00. The number of carboxylic acids is 1. The average Bonchev–Trinajstić information content (AvgIpc) is 2.91. The van der Waals surface area contributed by atoms with Gasteiger partial charge in [0.2, 0.25) is 0 Å². The van der Waals surface area contributed by atoms with Gasteiger partial charge in [0.05, 0.1) is 6.20 Å². The van der Waals surface area contributed by atoms with Crippen LogP contribution in [0.2, 0.25) is 0 Å². The third-order valence-electron chi connectivity index (χ3n) is 2.70. The minimum Gasteiger partial charge on any atom is -0.480 e. The quantitative estimate of drug-likeness (QED) is 0.826. The first-order valence-electron chi connectivity index (χ1n) is 5.71. The van der Waals surface area contributed by atoms with E-state index >= 15 is 0 Å². The number of carbonyl (C=O) groups is 1. The zero-order chi connectivity index (χ0) is 14.9. The molecule has 0 bridgehead atoms. The molecule has 2 aromatic heterocycles. The third kappa shape index (κ3) is 2.82. The Morgan fingerprint density at radius 1 is 1.35 bits per heavy atom. The van der Waals surface area contributed by atoms with Gasteiger partial charge in [-0.3, -0.25) is 14.2 Å². The molecule has 0 radical (unpaired) electrons. The van der Waals surface area contributed by atoms with Crippen molar-refractivity contribution >= 4 is 16.0 Å². The molecule has 0 amide bonds. The smallest absolute Gasteiger partial charge is 0.325 e. The molecule has 0 spiro atoms. The number of sulfonamides is 1. The zero-order valence-electron chi connectivity index (χ0n) is 10.9. The van der Waals surface area contributed by atoms with Gasteiger partial charge in [-0.05, 0) is 26.0 Å². The van der Waals surface area contributed by atoms with Crippen molar-refractivity contribution in [3.63, 3.8) is 0 Å². The van der Waals surface area contributed by atoms with Crippen molar-refractivity contribution in [2.45, 2.75) is 25.3 Å². The van der Waals surface area contributed by atoms with Crippen LogP contribution in [0.25, 0.3) is 0 Å². The number of hydrogen-bond acceptors (Lipinski definition) is 4. The summed E-state index contributed by atoms with van der Waals surface area (Å²) in [5.41, 5.74) is 1.48. The molecule has 20 heavy (non-hydrogen) atoms. The fourth-order valence-electron chi connectivity index (χ4n) is 1.69. The van der Waals surface area contributed by atoms with Gasteiger partial charge in [-0.15, -0.1) is 0 Å². The largest absolute Gasteiger partial charge is 0.480 e. The minimum atomic E-state index is -3.81. The Kier molecular flexibility index (Phi) is 3.53. The van der Waals surface area contributed by atoms with Crippen LogP contribution in [0, 0.1) is 13.8 Å². The van der Waals surface area contributed by atoms with E-state index in [1.165, 1.54) is 10.9 Å². The molecule has 8 nitrogen and oxygen atoms in total. The molecule has 0 atom stereocenters. The van der Waals surface area contributed by atoms with Gasteiger partial charge in [0.1, 0.15) is 11.4 Å². The van der Waals surface area contributed by atoms with Crippen LogP contribution in [-0.4, -0.2) is 34.0 Å². The van der Waals surface area contributed by atoms with Crippen LogP contribution in [-0.2, 0) is 21.4 Å². The van der Waals surface area contributed by atoms with Crippen LogP contribution >= 0.6 is 0 Å². The normalized spacial score (nSPS) is 11.5. The molecule has 0 aliphatic carbocycles. The number of aromatic nitrogens is 3. The molecule has 108 valence electrons. The second-order valence-electron chi connectivity index (χ2n) is 4.31. The maximum atomic E-state index is 12.2. The van der Waals surface area contributed by atoms with E-state index in [4.69, 9.17) is 5.11 Å². The van der Waals surface area contributed by atoms with Crippen molar-refractivity contribution < 1.29 is 18.3 Å². The number of nitrogens with zero attached hydrogens (tertiary/aromatic N) is 3. The van der Waals surface area contributed by atoms with Gasteiger partial charge in [-0.25, -0.2) is 4.83 Å². The highest BCUT2D eigenvalue weighted by Crippen LogP contribution is 2.11. The van der Waals surface area contributed by atoms with Crippen LogP contribution in [0.4, 0.5) is 0 Å². The van der Waals surface area contributed by atoms with Crippen LogP contribution in [0.1, 0.15) is 11.4 Å². The van der Waals surface area contributed by atoms with Crippen molar-refractivity contribution in [1.29, 1.82) is 0 Å². The molecule has 2 heterocycles. The summed E-state index contributed by atoms with van der Waals surface area (Å²) >= 11 is 0. The third-order valence-corrected chi connectivity index (χ3v) is 3.95. The Hall–Kier alpha value is -2.29. The highest BCUT2D eigenvalue weighted by atomic mass is 32.2. The standard InChI is InChI=1S/C11H14N4O4S/c1-8-3-4-9(2)15(8)13-20(18,19)10-5-12-14(6-10)7-11(16)17/h3-6,13H,7H2,1-2H3,(H,16,17). The fourth-order valence-corrected chi connectivity index (χ4v) is 2.77. The molecule has 0 aliphatic rings. The second-order valence-corrected chi connectivity index (χ2v) is 5.97. The number of aryl methyl sites for hydroxylation is 2. The van der Waals surface area contributed by atoms with Gasteiger partial charge in [-0.1, -0.05) is 0 Å². The average molecular weight is 298 g/mol. The lowest BCUT2D eigenvalue weighted by Gasteiger charge is -2.11. The fraction of sp³-hybridized carbons (Fsp3) is 0.273. The van der Waals surface area contributed by atoms with Crippen molar-refractivity contribution in [3.8, 4) is 0 Å². The Bertz CT molecular complexity index is 725. The lowest BCUT2D eigenvalue weighted by Crippen LogP contribution is -2.24. The Morgan fingerprint density at radius 2 is 1.95 bits per heavy atom. The monoisotopic (exact) mass is 298 g/mol. The number of nitrogens with one attached hydrogen (secondary N) is 1. The van der Waals surface area contributed by atoms with E-state index in [0.717, 1.165) is 22.3 Å². The maximum absolute atomic E-state index is 12.2. The Labute approximate surface area is 115 Å². The number of rotatable bonds is 5. The summed E-state index contributed by atoms with van der Waals surface area (Å²) in [6, 6.07) is 3.57. The summed E-state index contributed by atoms with van der Waals surface area (Å²) in [5, 5.41) is 12.3. The van der Waals surface area contributed by atoms with E-state index in [-0.39, 0.29) is 4.90 Å². The van der Waals surface area contributed by atoms with Crippen LogP contribution < -0.4 is 4.83 Å². The van der Waals surface area contributed by atoms with Gasteiger partial charge < -0.3 is 5.11 Å². The molecule has 2 N–H and O–H groups in total. The van der Waals surface area contributed by atoms with Crippen molar-refractivity contribution in [1.82, 2.24) is 14.5 Å². The lowest BCUT2D eigenvalue weighted by atomic mass is 10.5. The van der Waals surface area contributed by atoms with Crippen LogP contribution in [0.15, 0.2) is 29.4 Å². The first-order valence-corrected chi connectivity index (χ1v) is 7.20. The van der Waals surface area contributed by atoms with E-state index in [1.807, 2.05) is 0 Å². The van der Waals surface area contributed by atoms with Gasteiger partial charge in [0.15, 0.2) is 0 Å². The maximum Gasteiger partial charge on any atom is 0.325 e. The Morgan fingerprint density at radius 3 is 2.50 bits per heavy atom. The molecule has 9 heteroatoms. The molecule has 0 aliphatic heterocycles. The molecule has 0 saturated heterocycles. The van der Waals surface area contributed by atoms with E-state index in [0.29, 0.717) is 0 Å². The zero-order valence-corrected chi connectivity index (χ0v) is 11.8. The lowest BCUT2D eigenvalue weighted by molar-refractivity contribution is -0.137. The van der Waals surface area contributed by atoms with Crippen molar-refractivity contribution in [2.24, 2.45) is 0 Å². The van der Waals surface area contributed by atoms with E-state index in [1.54, 1.807) is 26.0 Å². The molecule has 2 rings (SSSR count). The topological polar surface area (TPSA) is 106 Å². The van der Waals surface area contributed by atoms with Gasteiger partial charge in [-0.2, -0.15) is 13.5 Å². The van der Waals surface area contributed by atoms with Crippen LogP contribution in [0.5, 0.6) is 0 Å². The predicted octanol–water partition coefficient (Wildman–Crippen LogP) is 0.318. The molecule has 2 aromatic rings. The van der Waals surface area contributed by atoms with Crippen LogP contribution in [0.3, 0.4) is 0 Å². The first kappa shape index (κ1) is 14.1. The number of hydrogen-bond donors (Lipinski definition) is 2. The molecule has 0 aromatic carbocycles. The summed E-state index contributed by atoms with van der Waals surface area (Å²) in [6.45, 7) is 3.14. The minimum absolute atomic E-state index is 0.0914. The number of carboxylic acid groups (broad SMARTS) is 1. The van der Waals surface area contributed by atoms with E-state index < -0.39 is 22.5 Å². The number of aliphatic carboxylic acids is 1. The summed E-state index contributed by atoms with van der Waals surface area (Å²) in [6.07, 6.45) is 2.28. The summed E-state index contributed by atoms with van der Waals surface area (Å²) in [7, 11) is -3.81. The molecule has 0 fully saturated rings. The molecular formula is C11H14N4O4S. The van der Waals surface area contributed by atoms with Gasteiger partial charge >= 0.3 is 5.97 Å². The first-order chi connectivity index (χ1) is 9.29. The SMILES string of the molecule is Cc1ccc(C)n1NS(=O)(=O)c1cnn(CC(=O)O)c1. The summed E-state index contributed by atoms with van der Waals surface area (Å²) < 4.78 is 26.8. The van der Waals surface area contributed by atoms with E-state index in [9.17, 15) is 13.2 Å². The molecule has 0 saturated carbocycles. The van der Waals surface area contributed by atoms with Crippen molar-refractivity contribution in [3.05, 3.63) is 35.9 Å². The van der Waals surface area contributed by atoms with E-state index in [2.05, 4.69) is 9.93 Å². The van der Waals surface area contributed by atoms with Gasteiger partial charge in [0.25, 0.3) is 10.0 Å². The predicted molar refractivity (Wildman–Crippen MR) is 70.3 cm³/mol. The molecular weight excluding hydrogens is 284 g/mol. The highest BCUT2D eigenvalue weighted by Gasteiger charge is 2.18. The summed E-state index contributed by atoms with van der Waals surface area (Å²) in [5.74, 6) is -1.10. The Balaban J connectivity index is 2.27. The molecule has 0 unspecified atom stereocenters. The van der Waals surface area contributed by atoms with Crippen molar-refractivity contribution in [2.75, 3.05) is 4.83 Å². The summed E-state index contributed by atoms with van der Waals surface area (Å²) in [4.78, 5) is 12.9. The van der Waals surface area contributed by atoms with Gasteiger partial charge in [0, 0.05) is 17.6 Å². The highest BCUT2D eigenvalue weighted by molar-refractivity contribution is 7.92.